The Bertz CT molecular complexity index is 482. The molecule has 0 bridgehead atoms. The molecule has 0 saturated carbocycles. The number of nitrogens with one attached hydrogen (secondary N) is 2. The van der Waals surface area contributed by atoms with Gasteiger partial charge < -0.3 is 5.32 Å². The minimum atomic E-state index is -0.0838. The lowest BCUT2D eigenvalue weighted by Gasteiger charge is -2.01. The monoisotopic (exact) mass is 270 g/mol. The first-order valence-corrected chi connectivity index (χ1v) is 6.33. The third-order valence-electron chi connectivity index (χ3n) is 2.14. The summed E-state index contributed by atoms with van der Waals surface area (Å²) < 4.78 is 0.622. The van der Waals surface area contributed by atoms with E-state index in [4.69, 9.17) is 11.6 Å². The number of aromatic amines is 1. The molecule has 0 radical (unpaired) electrons. The lowest BCUT2D eigenvalue weighted by molar-refractivity contribution is 0.0957. The maximum atomic E-state index is 11.6. The van der Waals surface area contributed by atoms with E-state index < -0.39 is 0 Å². The first-order chi connectivity index (χ1) is 8.25. The zero-order valence-electron chi connectivity index (χ0n) is 8.94. The van der Waals surface area contributed by atoms with Gasteiger partial charge in [0.15, 0.2) is 0 Å². The van der Waals surface area contributed by atoms with Crippen LogP contribution in [0.4, 0.5) is 0 Å². The largest absolute Gasteiger partial charge is 0.351 e. The standard InChI is InChI=1S/C10H11ClN4OS/c11-8-4-3-7(17-8)10(16)12-5-1-2-9-13-6-14-15-9/h3-4,6H,1-2,5H2,(H,12,16)(H,13,14,15). The number of amides is 1. The van der Waals surface area contributed by atoms with Crippen LogP contribution in [0.2, 0.25) is 4.34 Å². The summed E-state index contributed by atoms with van der Waals surface area (Å²) in [5.74, 6) is 0.748. The van der Waals surface area contributed by atoms with Gasteiger partial charge in [-0.05, 0) is 18.6 Å². The predicted molar refractivity (Wildman–Crippen MR) is 66.4 cm³/mol. The number of carbonyl (C=O) groups is 1. The molecule has 2 aromatic heterocycles. The Hall–Kier alpha value is -1.40. The van der Waals surface area contributed by atoms with Crippen molar-refractivity contribution in [3.63, 3.8) is 0 Å². The van der Waals surface area contributed by atoms with Crippen molar-refractivity contribution >= 4 is 28.8 Å². The molecule has 7 heteroatoms. The molecule has 0 aromatic carbocycles. The average Bonchev–Trinajstić information content (AvgIpc) is 2.95. The van der Waals surface area contributed by atoms with E-state index >= 15 is 0 Å². The molecule has 0 fully saturated rings. The van der Waals surface area contributed by atoms with Crippen molar-refractivity contribution in [3.8, 4) is 0 Å². The third-order valence-corrected chi connectivity index (χ3v) is 3.37. The summed E-state index contributed by atoms with van der Waals surface area (Å²) in [4.78, 5) is 16.3. The Morgan fingerprint density at radius 1 is 1.53 bits per heavy atom. The summed E-state index contributed by atoms with van der Waals surface area (Å²) in [5, 5.41) is 9.35. The van der Waals surface area contributed by atoms with Crippen molar-refractivity contribution in [1.29, 1.82) is 0 Å². The van der Waals surface area contributed by atoms with Crippen molar-refractivity contribution in [2.45, 2.75) is 12.8 Å². The molecule has 5 nitrogen and oxygen atoms in total. The first kappa shape index (κ1) is 12.1. The van der Waals surface area contributed by atoms with Crippen LogP contribution in [0.5, 0.6) is 0 Å². The maximum Gasteiger partial charge on any atom is 0.261 e. The molecule has 0 atom stereocenters. The molecule has 1 amide bonds. The maximum absolute atomic E-state index is 11.6. The van der Waals surface area contributed by atoms with E-state index in [0.29, 0.717) is 15.8 Å². The molecule has 17 heavy (non-hydrogen) atoms. The lowest BCUT2D eigenvalue weighted by Crippen LogP contribution is -2.23. The molecule has 2 rings (SSSR count). The van der Waals surface area contributed by atoms with Gasteiger partial charge in [0.25, 0.3) is 5.91 Å². The highest BCUT2D eigenvalue weighted by molar-refractivity contribution is 7.17. The van der Waals surface area contributed by atoms with Crippen LogP contribution in [-0.4, -0.2) is 27.6 Å². The Balaban J connectivity index is 1.70. The third kappa shape index (κ3) is 3.54. The van der Waals surface area contributed by atoms with E-state index in [2.05, 4.69) is 20.5 Å². The topological polar surface area (TPSA) is 70.7 Å². The SMILES string of the molecule is O=C(NCCCc1ncn[nH]1)c1ccc(Cl)s1. The average molecular weight is 271 g/mol. The van der Waals surface area contributed by atoms with Gasteiger partial charge in [-0.25, -0.2) is 4.98 Å². The number of nitrogens with zero attached hydrogens (tertiary/aromatic N) is 2. The fourth-order valence-corrected chi connectivity index (χ4v) is 2.29. The number of aryl methyl sites for hydroxylation is 1. The highest BCUT2D eigenvalue weighted by Crippen LogP contribution is 2.20. The number of H-pyrrole nitrogens is 1. The van der Waals surface area contributed by atoms with Gasteiger partial charge in [0.05, 0.1) is 9.21 Å². The number of aromatic nitrogens is 3. The van der Waals surface area contributed by atoms with Crippen LogP contribution >= 0.6 is 22.9 Å². The van der Waals surface area contributed by atoms with E-state index in [0.717, 1.165) is 18.7 Å². The van der Waals surface area contributed by atoms with Gasteiger partial charge in [-0.15, -0.1) is 11.3 Å². The molecule has 2 N–H and O–H groups in total. The fraction of sp³-hybridized carbons (Fsp3) is 0.300. The van der Waals surface area contributed by atoms with Gasteiger partial charge in [0.2, 0.25) is 0 Å². The smallest absolute Gasteiger partial charge is 0.261 e. The van der Waals surface area contributed by atoms with Gasteiger partial charge in [-0.2, -0.15) is 5.10 Å². The summed E-state index contributed by atoms with van der Waals surface area (Å²) in [6.45, 7) is 0.606. The molecule has 2 aromatic rings. The minimum absolute atomic E-state index is 0.0838. The zero-order chi connectivity index (χ0) is 12.1. The van der Waals surface area contributed by atoms with E-state index in [-0.39, 0.29) is 5.91 Å². The second-order valence-corrected chi connectivity index (χ2v) is 5.11. The molecule has 0 aliphatic heterocycles. The van der Waals surface area contributed by atoms with Crippen molar-refractivity contribution in [1.82, 2.24) is 20.5 Å². The van der Waals surface area contributed by atoms with E-state index in [9.17, 15) is 4.79 Å². The van der Waals surface area contributed by atoms with Gasteiger partial charge in [0.1, 0.15) is 12.2 Å². The van der Waals surface area contributed by atoms with Crippen molar-refractivity contribution in [3.05, 3.63) is 33.5 Å². The van der Waals surface area contributed by atoms with Gasteiger partial charge in [0, 0.05) is 13.0 Å². The van der Waals surface area contributed by atoms with Crippen molar-refractivity contribution in [2.75, 3.05) is 6.54 Å². The number of halogens is 1. The molecular weight excluding hydrogens is 260 g/mol. The van der Waals surface area contributed by atoms with Crippen LogP contribution in [0.3, 0.4) is 0 Å². The van der Waals surface area contributed by atoms with Crippen LogP contribution in [0, 0.1) is 0 Å². The highest BCUT2D eigenvalue weighted by Gasteiger charge is 2.07. The van der Waals surface area contributed by atoms with Crippen LogP contribution in [-0.2, 0) is 6.42 Å². The van der Waals surface area contributed by atoms with Crippen LogP contribution in [0.25, 0.3) is 0 Å². The second kappa shape index (κ2) is 5.79. The Labute approximate surface area is 107 Å². The fourth-order valence-electron chi connectivity index (χ4n) is 1.33. The molecular formula is C10H11ClN4OS. The predicted octanol–water partition coefficient (Wildman–Crippen LogP) is 1.88. The summed E-state index contributed by atoms with van der Waals surface area (Å²) in [7, 11) is 0. The number of hydrogen-bond donors (Lipinski definition) is 2. The molecule has 2 heterocycles. The Kier molecular flexibility index (Phi) is 4.11. The Morgan fingerprint density at radius 3 is 3.06 bits per heavy atom. The van der Waals surface area contributed by atoms with Gasteiger partial charge in [-0.1, -0.05) is 11.6 Å². The van der Waals surface area contributed by atoms with Crippen molar-refractivity contribution < 1.29 is 4.79 Å². The Morgan fingerprint density at radius 2 is 2.41 bits per heavy atom. The normalized spacial score (nSPS) is 10.4. The first-order valence-electron chi connectivity index (χ1n) is 5.13. The zero-order valence-corrected chi connectivity index (χ0v) is 10.5. The second-order valence-electron chi connectivity index (χ2n) is 3.40. The molecule has 0 spiro atoms. The molecule has 0 aliphatic carbocycles. The summed E-state index contributed by atoms with van der Waals surface area (Å²) >= 11 is 7.03. The highest BCUT2D eigenvalue weighted by atomic mass is 35.5. The number of hydrogen-bond acceptors (Lipinski definition) is 4. The molecule has 0 saturated heterocycles. The molecule has 0 aliphatic rings. The van der Waals surface area contributed by atoms with Crippen molar-refractivity contribution in [2.24, 2.45) is 0 Å². The minimum Gasteiger partial charge on any atom is -0.351 e. The number of carbonyl (C=O) groups excluding carboxylic acids is 1. The van der Waals surface area contributed by atoms with Gasteiger partial charge >= 0.3 is 0 Å². The van der Waals surface area contributed by atoms with Crippen LogP contribution in [0.15, 0.2) is 18.5 Å². The van der Waals surface area contributed by atoms with Crippen LogP contribution < -0.4 is 5.32 Å². The molecule has 90 valence electrons. The van der Waals surface area contributed by atoms with E-state index in [1.54, 1.807) is 12.1 Å². The lowest BCUT2D eigenvalue weighted by atomic mass is 10.3. The quantitative estimate of drug-likeness (QED) is 0.815. The van der Waals surface area contributed by atoms with E-state index in [1.165, 1.54) is 17.7 Å². The van der Waals surface area contributed by atoms with Crippen LogP contribution in [0.1, 0.15) is 21.9 Å². The summed E-state index contributed by atoms with van der Waals surface area (Å²) in [6, 6.07) is 3.44. The number of rotatable bonds is 5. The summed E-state index contributed by atoms with van der Waals surface area (Å²) in [5.41, 5.74) is 0. The van der Waals surface area contributed by atoms with Gasteiger partial charge in [-0.3, -0.25) is 9.89 Å². The number of thiophene rings is 1. The summed E-state index contributed by atoms with van der Waals surface area (Å²) in [6.07, 6.45) is 3.06. The van der Waals surface area contributed by atoms with E-state index in [1.807, 2.05) is 0 Å². The molecule has 0 unspecified atom stereocenters.